The lowest BCUT2D eigenvalue weighted by molar-refractivity contribution is 0.280. The minimum absolute atomic E-state index is 0.0952. The van der Waals surface area contributed by atoms with Gasteiger partial charge < -0.3 is 15.4 Å². The molecule has 0 bridgehead atoms. The Morgan fingerprint density at radius 1 is 1.25 bits per heavy atom. The Bertz CT molecular complexity index is 907. The highest BCUT2D eigenvalue weighted by molar-refractivity contribution is 5.88. The summed E-state index contributed by atoms with van der Waals surface area (Å²) in [7, 11) is 0. The number of hydrogen-bond acceptors (Lipinski definition) is 2. The molecule has 1 aromatic heterocycles. The molecule has 0 saturated carbocycles. The second-order valence-electron chi connectivity index (χ2n) is 6.47. The normalized spacial score (nSPS) is 17.5. The van der Waals surface area contributed by atoms with Crippen molar-refractivity contribution in [3.05, 3.63) is 76.5 Å². The van der Waals surface area contributed by atoms with Crippen molar-refractivity contribution in [2.24, 2.45) is 0 Å². The topological polar surface area (TPSA) is 48.0 Å². The number of benzene rings is 2. The van der Waals surface area contributed by atoms with Gasteiger partial charge in [-0.3, -0.25) is 0 Å². The van der Waals surface area contributed by atoms with Crippen LogP contribution in [0, 0.1) is 6.92 Å². The van der Waals surface area contributed by atoms with Crippen molar-refractivity contribution >= 4 is 17.0 Å². The fourth-order valence-corrected chi connectivity index (χ4v) is 3.58. The molecular weight excluding hydrogens is 296 g/mol. The monoisotopic (exact) mass is 318 g/mol. The van der Waals surface area contributed by atoms with Crippen molar-refractivity contribution in [2.75, 3.05) is 6.54 Å². The van der Waals surface area contributed by atoms with Gasteiger partial charge in [-0.15, -0.1) is 0 Å². The molecule has 0 aliphatic carbocycles. The molecule has 3 aromatic rings. The largest absolute Gasteiger partial charge is 0.392 e. The average molecular weight is 318 g/mol. The summed E-state index contributed by atoms with van der Waals surface area (Å²) in [5.41, 5.74) is 7.23. The van der Waals surface area contributed by atoms with Crippen LogP contribution >= 0.6 is 0 Å². The summed E-state index contributed by atoms with van der Waals surface area (Å²) in [6.45, 7) is 3.15. The number of fused-ring (bicyclic) bond motifs is 2. The number of nitrogens with one attached hydrogen (secondary N) is 2. The van der Waals surface area contributed by atoms with Gasteiger partial charge in [0, 0.05) is 23.6 Å². The minimum atomic E-state index is 0.0952. The first-order chi connectivity index (χ1) is 11.8. The third-order valence-electron chi connectivity index (χ3n) is 4.95. The molecule has 3 heteroatoms. The molecule has 0 amide bonds. The first-order valence-corrected chi connectivity index (χ1v) is 8.47. The maximum absolute atomic E-state index is 9.56. The Hall–Kier alpha value is -2.36. The molecule has 1 aliphatic heterocycles. The van der Waals surface area contributed by atoms with E-state index in [2.05, 4.69) is 65.9 Å². The number of aromatic nitrogens is 1. The number of aromatic amines is 1. The van der Waals surface area contributed by atoms with E-state index < -0.39 is 0 Å². The van der Waals surface area contributed by atoms with Gasteiger partial charge in [0.2, 0.25) is 0 Å². The van der Waals surface area contributed by atoms with Crippen LogP contribution in [0.5, 0.6) is 0 Å². The lowest BCUT2D eigenvalue weighted by Gasteiger charge is -2.26. The second kappa shape index (κ2) is 6.27. The van der Waals surface area contributed by atoms with Crippen LogP contribution in [0.4, 0.5) is 0 Å². The maximum atomic E-state index is 9.56. The minimum Gasteiger partial charge on any atom is -0.392 e. The predicted octanol–water partition coefficient (Wildman–Crippen LogP) is 3.87. The Morgan fingerprint density at radius 2 is 2.12 bits per heavy atom. The zero-order chi connectivity index (χ0) is 16.5. The molecule has 0 saturated heterocycles. The van der Waals surface area contributed by atoms with Crippen molar-refractivity contribution in [1.29, 1.82) is 0 Å². The molecule has 0 fully saturated rings. The number of aliphatic hydroxyl groups is 1. The molecule has 1 atom stereocenters. The molecule has 122 valence electrons. The third kappa shape index (κ3) is 2.66. The van der Waals surface area contributed by atoms with Crippen LogP contribution < -0.4 is 5.32 Å². The van der Waals surface area contributed by atoms with E-state index in [-0.39, 0.29) is 12.6 Å². The molecule has 1 aliphatic rings. The van der Waals surface area contributed by atoms with Gasteiger partial charge in [0.1, 0.15) is 0 Å². The number of aryl methyl sites for hydroxylation is 1. The number of hydrogen-bond donors (Lipinski definition) is 3. The fourth-order valence-electron chi connectivity index (χ4n) is 3.58. The van der Waals surface area contributed by atoms with Crippen LogP contribution in [0.1, 0.15) is 33.9 Å². The van der Waals surface area contributed by atoms with Crippen LogP contribution in [0.25, 0.3) is 17.0 Å². The van der Waals surface area contributed by atoms with Gasteiger partial charge in [0.25, 0.3) is 0 Å². The Morgan fingerprint density at radius 3 is 3.00 bits per heavy atom. The van der Waals surface area contributed by atoms with Crippen LogP contribution in [-0.4, -0.2) is 16.6 Å². The molecule has 0 radical (unpaired) electrons. The highest BCUT2D eigenvalue weighted by Crippen LogP contribution is 2.28. The average Bonchev–Trinajstić information content (AvgIpc) is 3.02. The van der Waals surface area contributed by atoms with E-state index in [4.69, 9.17) is 0 Å². The molecule has 3 nitrogen and oxygen atoms in total. The van der Waals surface area contributed by atoms with Gasteiger partial charge in [-0.1, -0.05) is 42.5 Å². The van der Waals surface area contributed by atoms with Crippen molar-refractivity contribution in [2.45, 2.75) is 26.0 Å². The van der Waals surface area contributed by atoms with Crippen molar-refractivity contribution in [3.8, 4) is 0 Å². The van der Waals surface area contributed by atoms with Crippen LogP contribution in [0.3, 0.4) is 0 Å². The smallest absolute Gasteiger partial charge is 0.0684 e. The number of rotatable bonds is 3. The van der Waals surface area contributed by atoms with E-state index >= 15 is 0 Å². The van der Waals surface area contributed by atoms with Gasteiger partial charge in [-0.05, 0) is 47.2 Å². The van der Waals surface area contributed by atoms with Crippen molar-refractivity contribution in [3.63, 3.8) is 0 Å². The van der Waals surface area contributed by atoms with E-state index in [9.17, 15) is 5.11 Å². The number of H-pyrrole nitrogens is 1. The lowest BCUT2D eigenvalue weighted by atomic mass is 9.90. The van der Waals surface area contributed by atoms with Gasteiger partial charge >= 0.3 is 0 Å². The van der Waals surface area contributed by atoms with Gasteiger partial charge in [0.05, 0.1) is 12.6 Å². The van der Waals surface area contributed by atoms with E-state index in [1.165, 1.54) is 27.6 Å². The highest BCUT2D eigenvalue weighted by atomic mass is 16.3. The van der Waals surface area contributed by atoms with Gasteiger partial charge in [-0.2, -0.15) is 0 Å². The molecular formula is C21H22N2O. The van der Waals surface area contributed by atoms with Crippen LogP contribution in [0.15, 0.2) is 48.7 Å². The van der Waals surface area contributed by atoms with Crippen molar-refractivity contribution < 1.29 is 5.11 Å². The third-order valence-corrected chi connectivity index (χ3v) is 4.95. The van der Waals surface area contributed by atoms with Crippen LogP contribution in [-0.2, 0) is 13.0 Å². The summed E-state index contributed by atoms with van der Waals surface area (Å²) in [5, 5.41) is 14.4. The highest BCUT2D eigenvalue weighted by Gasteiger charge is 2.19. The van der Waals surface area contributed by atoms with E-state index in [1.54, 1.807) is 0 Å². The summed E-state index contributed by atoms with van der Waals surface area (Å²) in [4.78, 5) is 3.32. The van der Waals surface area contributed by atoms with Crippen LogP contribution in [0.2, 0.25) is 0 Å². The second-order valence-corrected chi connectivity index (χ2v) is 6.47. The van der Waals surface area contributed by atoms with E-state index in [1.807, 2.05) is 6.07 Å². The number of aliphatic hydroxyl groups excluding tert-OH is 1. The standard InChI is InChI=1S/C21H22N2O/c1-14-10-15-8-9-22-21(19(15)11-17(14)13-24)7-6-16-12-23-20-5-3-2-4-18(16)20/h2-7,10-12,21-24H,8-9,13H2,1H3/b7-6+. The summed E-state index contributed by atoms with van der Waals surface area (Å²) >= 11 is 0. The number of para-hydroxylation sites is 1. The van der Waals surface area contributed by atoms with E-state index in [0.717, 1.165) is 24.0 Å². The SMILES string of the molecule is Cc1cc2c(cc1CO)C(/C=C/c1c[nH]c3ccccc13)NCC2. The predicted molar refractivity (Wildman–Crippen MR) is 98.9 cm³/mol. The Balaban J connectivity index is 1.69. The summed E-state index contributed by atoms with van der Waals surface area (Å²) < 4.78 is 0. The molecule has 0 spiro atoms. The fraction of sp³-hybridized carbons (Fsp3) is 0.238. The zero-order valence-electron chi connectivity index (χ0n) is 13.8. The van der Waals surface area contributed by atoms with Crippen molar-refractivity contribution in [1.82, 2.24) is 10.3 Å². The Labute approximate surface area is 142 Å². The summed E-state index contributed by atoms with van der Waals surface area (Å²) in [6.07, 6.45) is 7.51. The maximum Gasteiger partial charge on any atom is 0.0684 e. The van der Waals surface area contributed by atoms with Gasteiger partial charge in [0.15, 0.2) is 0 Å². The molecule has 24 heavy (non-hydrogen) atoms. The lowest BCUT2D eigenvalue weighted by Crippen LogP contribution is -2.28. The molecule has 4 rings (SSSR count). The molecule has 2 heterocycles. The zero-order valence-corrected chi connectivity index (χ0v) is 13.8. The first kappa shape index (κ1) is 15.2. The summed E-state index contributed by atoms with van der Waals surface area (Å²) in [5.74, 6) is 0. The summed E-state index contributed by atoms with van der Waals surface area (Å²) in [6, 6.07) is 12.9. The van der Waals surface area contributed by atoms with Gasteiger partial charge in [-0.25, -0.2) is 0 Å². The molecule has 1 unspecified atom stereocenters. The Kier molecular flexibility index (Phi) is 3.97. The first-order valence-electron chi connectivity index (χ1n) is 8.47. The molecule has 2 aromatic carbocycles. The molecule has 3 N–H and O–H groups in total. The van der Waals surface area contributed by atoms with E-state index in [0.29, 0.717) is 0 Å². The quantitative estimate of drug-likeness (QED) is 0.686.